The van der Waals surface area contributed by atoms with E-state index in [1.807, 2.05) is 39.0 Å². The number of hydrogen-bond donors (Lipinski definition) is 2. The van der Waals surface area contributed by atoms with Crippen molar-refractivity contribution < 1.29 is 14.3 Å². The highest BCUT2D eigenvalue weighted by molar-refractivity contribution is 5.67. The zero-order valence-electron chi connectivity index (χ0n) is 15.2. The average molecular weight is 334 g/mol. The van der Waals surface area contributed by atoms with Crippen molar-refractivity contribution in [2.24, 2.45) is 5.92 Å². The molecular weight excluding hydrogens is 304 g/mol. The molecular formula is C19H30N2O3. The summed E-state index contributed by atoms with van der Waals surface area (Å²) in [5.74, 6) is 1.52. The Morgan fingerprint density at radius 1 is 1.29 bits per heavy atom. The molecule has 1 aromatic rings. The van der Waals surface area contributed by atoms with Crippen molar-refractivity contribution in [1.82, 2.24) is 5.32 Å². The standard InChI is InChI=1S/C19H30N2O3/c1-14-7-5-10-17(14)21-15-8-6-9-16(13-15)23-12-11-20-18(22)24-19(2,3)4/h6,8-9,13-14,17,21H,5,7,10-12H2,1-4H3,(H,20,22). The van der Waals surface area contributed by atoms with Crippen molar-refractivity contribution in [1.29, 1.82) is 0 Å². The number of hydrogen-bond acceptors (Lipinski definition) is 4. The topological polar surface area (TPSA) is 59.6 Å². The van der Waals surface area contributed by atoms with Crippen LogP contribution in [-0.2, 0) is 4.74 Å². The van der Waals surface area contributed by atoms with Gasteiger partial charge in [0.2, 0.25) is 0 Å². The Labute approximate surface area is 145 Å². The van der Waals surface area contributed by atoms with E-state index in [0.717, 1.165) is 11.4 Å². The fraction of sp³-hybridized carbons (Fsp3) is 0.632. The lowest BCUT2D eigenvalue weighted by Gasteiger charge is -2.20. The summed E-state index contributed by atoms with van der Waals surface area (Å²) in [5.41, 5.74) is 0.605. The highest BCUT2D eigenvalue weighted by Crippen LogP contribution is 2.29. The molecule has 0 heterocycles. The van der Waals surface area contributed by atoms with Crippen molar-refractivity contribution >= 4 is 11.8 Å². The Morgan fingerprint density at radius 3 is 2.75 bits per heavy atom. The third-order valence-electron chi connectivity index (χ3n) is 4.09. The van der Waals surface area contributed by atoms with Gasteiger partial charge in [0.25, 0.3) is 0 Å². The van der Waals surface area contributed by atoms with Gasteiger partial charge in [0.05, 0.1) is 6.54 Å². The summed E-state index contributed by atoms with van der Waals surface area (Å²) < 4.78 is 10.9. The van der Waals surface area contributed by atoms with E-state index in [-0.39, 0.29) is 0 Å². The van der Waals surface area contributed by atoms with Crippen LogP contribution in [0.5, 0.6) is 5.75 Å². The first-order valence-corrected chi connectivity index (χ1v) is 8.80. The maximum atomic E-state index is 11.5. The van der Waals surface area contributed by atoms with E-state index in [4.69, 9.17) is 9.47 Å². The summed E-state index contributed by atoms with van der Waals surface area (Å²) >= 11 is 0. The van der Waals surface area contributed by atoms with E-state index in [0.29, 0.717) is 25.1 Å². The number of carbonyl (C=O) groups is 1. The molecule has 2 atom stereocenters. The van der Waals surface area contributed by atoms with Crippen molar-refractivity contribution in [3.05, 3.63) is 24.3 Å². The third kappa shape index (κ3) is 6.30. The van der Waals surface area contributed by atoms with Crippen LogP contribution in [0, 0.1) is 5.92 Å². The Balaban J connectivity index is 1.73. The van der Waals surface area contributed by atoms with Crippen molar-refractivity contribution in [2.45, 2.75) is 58.6 Å². The molecule has 2 N–H and O–H groups in total. The van der Waals surface area contributed by atoms with Crippen LogP contribution in [0.2, 0.25) is 0 Å². The molecule has 0 aromatic heterocycles. The number of ether oxygens (including phenoxy) is 2. The fourth-order valence-electron chi connectivity index (χ4n) is 2.89. The molecule has 2 rings (SSSR count). The van der Waals surface area contributed by atoms with Gasteiger partial charge in [-0.15, -0.1) is 0 Å². The summed E-state index contributed by atoms with van der Waals surface area (Å²) in [4.78, 5) is 11.5. The molecule has 1 aromatic carbocycles. The van der Waals surface area contributed by atoms with Gasteiger partial charge in [-0.05, 0) is 51.7 Å². The van der Waals surface area contributed by atoms with Gasteiger partial charge in [-0.3, -0.25) is 0 Å². The molecule has 1 saturated carbocycles. The van der Waals surface area contributed by atoms with E-state index in [1.165, 1.54) is 19.3 Å². The monoisotopic (exact) mass is 334 g/mol. The Bertz CT molecular complexity index is 540. The number of rotatable bonds is 6. The lowest BCUT2D eigenvalue weighted by molar-refractivity contribution is 0.0520. The molecule has 1 aliphatic rings. The summed E-state index contributed by atoms with van der Waals surface area (Å²) in [6.45, 7) is 8.63. The predicted octanol–water partition coefficient (Wildman–Crippen LogP) is 4.19. The van der Waals surface area contributed by atoms with E-state index in [2.05, 4.69) is 23.6 Å². The van der Waals surface area contributed by atoms with Crippen molar-refractivity contribution in [3.63, 3.8) is 0 Å². The van der Waals surface area contributed by atoms with E-state index < -0.39 is 11.7 Å². The van der Waals surface area contributed by atoms with Gasteiger partial charge in [-0.2, -0.15) is 0 Å². The van der Waals surface area contributed by atoms with Crippen LogP contribution in [0.15, 0.2) is 24.3 Å². The van der Waals surface area contributed by atoms with Gasteiger partial charge < -0.3 is 20.1 Å². The van der Waals surface area contributed by atoms with Crippen LogP contribution in [-0.4, -0.2) is 30.9 Å². The molecule has 1 aliphatic carbocycles. The van der Waals surface area contributed by atoms with Gasteiger partial charge in [0, 0.05) is 17.8 Å². The van der Waals surface area contributed by atoms with Crippen LogP contribution in [0.4, 0.5) is 10.5 Å². The Morgan fingerprint density at radius 2 is 2.08 bits per heavy atom. The van der Waals surface area contributed by atoms with Gasteiger partial charge in [0.15, 0.2) is 0 Å². The van der Waals surface area contributed by atoms with Crippen LogP contribution in [0.25, 0.3) is 0 Å². The molecule has 0 bridgehead atoms. The largest absolute Gasteiger partial charge is 0.492 e. The molecule has 2 unspecified atom stereocenters. The molecule has 0 aliphatic heterocycles. The lowest BCUT2D eigenvalue weighted by atomic mass is 10.1. The highest BCUT2D eigenvalue weighted by atomic mass is 16.6. The number of alkyl carbamates (subject to hydrolysis) is 1. The summed E-state index contributed by atoms with van der Waals surface area (Å²) in [6.07, 6.45) is 3.40. The summed E-state index contributed by atoms with van der Waals surface area (Å²) in [7, 11) is 0. The first-order chi connectivity index (χ1) is 11.3. The second-order valence-corrected chi connectivity index (χ2v) is 7.46. The van der Waals surface area contributed by atoms with Crippen LogP contribution >= 0.6 is 0 Å². The Kier molecular flexibility index (Phi) is 6.35. The third-order valence-corrected chi connectivity index (χ3v) is 4.09. The molecule has 0 radical (unpaired) electrons. The average Bonchev–Trinajstić information content (AvgIpc) is 2.88. The molecule has 0 spiro atoms. The molecule has 134 valence electrons. The smallest absolute Gasteiger partial charge is 0.407 e. The van der Waals surface area contributed by atoms with Crippen LogP contribution in [0.1, 0.15) is 47.0 Å². The number of anilines is 1. The van der Waals surface area contributed by atoms with Gasteiger partial charge in [-0.25, -0.2) is 4.79 Å². The van der Waals surface area contributed by atoms with E-state index in [9.17, 15) is 4.79 Å². The second kappa shape index (κ2) is 8.27. The number of benzene rings is 1. The molecule has 1 amide bonds. The van der Waals surface area contributed by atoms with Gasteiger partial charge >= 0.3 is 6.09 Å². The molecule has 0 saturated heterocycles. The van der Waals surface area contributed by atoms with Crippen LogP contribution < -0.4 is 15.4 Å². The SMILES string of the molecule is CC1CCCC1Nc1cccc(OCCNC(=O)OC(C)(C)C)c1. The maximum Gasteiger partial charge on any atom is 0.407 e. The quantitative estimate of drug-likeness (QED) is 0.766. The van der Waals surface area contributed by atoms with E-state index >= 15 is 0 Å². The van der Waals surface area contributed by atoms with E-state index in [1.54, 1.807) is 0 Å². The number of nitrogens with one attached hydrogen (secondary N) is 2. The lowest BCUT2D eigenvalue weighted by Crippen LogP contribution is -2.34. The summed E-state index contributed by atoms with van der Waals surface area (Å²) in [6, 6.07) is 8.54. The highest BCUT2D eigenvalue weighted by Gasteiger charge is 2.22. The first-order valence-electron chi connectivity index (χ1n) is 8.80. The zero-order chi connectivity index (χ0) is 17.6. The van der Waals surface area contributed by atoms with Gasteiger partial charge in [0.1, 0.15) is 18.0 Å². The minimum absolute atomic E-state index is 0.405. The fourth-order valence-corrected chi connectivity index (χ4v) is 2.89. The van der Waals surface area contributed by atoms with Crippen molar-refractivity contribution in [3.8, 4) is 5.75 Å². The zero-order valence-corrected chi connectivity index (χ0v) is 15.2. The van der Waals surface area contributed by atoms with Gasteiger partial charge in [-0.1, -0.05) is 19.4 Å². The first kappa shape index (κ1) is 18.4. The Hall–Kier alpha value is -1.91. The molecule has 1 fully saturated rings. The minimum atomic E-state index is -0.484. The maximum absolute atomic E-state index is 11.5. The van der Waals surface area contributed by atoms with Crippen molar-refractivity contribution in [2.75, 3.05) is 18.5 Å². The van der Waals surface area contributed by atoms with Crippen LogP contribution in [0.3, 0.4) is 0 Å². The second-order valence-electron chi connectivity index (χ2n) is 7.46. The molecule has 5 nitrogen and oxygen atoms in total. The molecule has 24 heavy (non-hydrogen) atoms. The predicted molar refractivity (Wildman–Crippen MR) is 96.6 cm³/mol. The summed E-state index contributed by atoms with van der Waals surface area (Å²) in [5, 5.41) is 6.28. The minimum Gasteiger partial charge on any atom is -0.492 e. The molecule has 5 heteroatoms. The number of amides is 1. The number of carbonyl (C=O) groups excluding carboxylic acids is 1. The normalized spacial score (nSPS) is 20.5.